The maximum absolute atomic E-state index is 12.3. The van der Waals surface area contributed by atoms with Crippen LogP contribution in [0.1, 0.15) is 23.0 Å². The number of hydrogen-bond acceptors (Lipinski definition) is 6. The summed E-state index contributed by atoms with van der Waals surface area (Å²) in [5.74, 6) is 0.889. The zero-order chi connectivity index (χ0) is 22.9. The third kappa shape index (κ3) is 5.75. The molecular formula is C24H25N3O5. The van der Waals surface area contributed by atoms with Gasteiger partial charge in [-0.2, -0.15) is 5.10 Å². The maximum Gasteiger partial charge on any atom is 0.262 e. The van der Waals surface area contributed by atoms with Crippen LogP contribution in [0.25, 0.3) is 6.08 Å². The molecule has 2 aromatic carbocycles. The number of anilines is 1. The van der Waals surface area contributed by atoms with Gasteiger partial charge in [-0.1, -0.05) is 24.3 Å². The Hall–Kier alpha value is -4.07. The topological polar surface area (TPSA) is 91.7 Å². The molecule has 0 saturated carbocycles. The van der Waals surface area contributed by atoms with Gasteiger partial charge >= 0.3 is 0 Å². The Labute approximate surface area is 186 Å². The molecule has 0 spiro atoms. The second kappa shape index (κ2) is 10.8. The van der Waals surface area contributed by atoms with Crippen LogP contribution in [-0.2, 0) is 11.3 Å². The number of ether oxygens (including phenoxy) is 3. The van der Waals surface area contributed by atoms with Gasteiger partial charge < -0.3 is 19.5 Å². The van der Waals surface area contributed by atoms with Crippen molar-refractivity contribution >= 4 is 23.5 Å². The van der Waals surface area contributed by atoms with Crippen molar-refractivity contribution in [3.8, 4) is 17.2 Å². The SMILES string of the molecule is CCn1ccc(C(=O)/C=C/c2ccc(OCC(=O)Nc3ccccc3OC)c(OC)c2)n1. The fourth-order valence-corrected chi connectivity index (χ4v) is 2.91. The van der Waals surface area contributed by atoms with Gasteiger partial charge in [0.05, 0.1) is 19.9 Å². The van der Waals surface area contributed by atoms with E-state index in [0.717, 1.165) is 5.56 Å². The van der Waals surface area contributed by atoms with Gasteiger partial charge in [-0.15, -0.1) is 0 Å². The Morgan fingerprint density at radius 3 is 2.53 bits per heavy atom. The van der Waals surface area contributed by atoms with Gasteiger partial charge in [0.15, 0.2) is 18.1 Å². The number of carbonyl (C=O) groups excluding carboxylic acids is 2. The van der Waals surface area contributed by atoms with Crippen LogP contribution in [0.5, 0.6) is 17.2 Å². The van der Waals surface area contributed by atoms with E-state index < -0.39 is 0 Å². The third-order valence-corrected chi connectivity index (χ3v) is 4.57. The summed E-state index contributed by atoms with van der Waals surface area (Å²) in [6.07, 6.45) is 4.90. The van der Waals surface area contributed by atoms with Crippen molar-refractivity contribution in [2.24, 2.45) is 0 Å². The maximum atomic E-state index is 12.3. The minimum Gasteiger partial charge on any atom is -0.495 e. The number of benzene rings is 2. The number of nitrogens with zero attached hydrogens (tertiary/aromatic N) is 2. The second-order valence-corrected chi connectivity index (χ2v) is 6.70. The van der Waals surface area contributed by atoms with Gasteiger partial charge in [0.2, 0.25) is 5.78 Å². The molecule has 0 unspecified atom stereocenters. The van der Waals surface area contributed by atoms with Gasteiger partial charge in [-0.25, -0.2) is 0 Å². The molecule has 0 aliphatic heterocycles. The van der Waals surface area contributed by atoms with E-state index in [-0.39, 0.29) is 18.3 Å². The number of nitrogens with one attached hydrogen (secondary N) is 1. The molecule has 0 aliphatic carbocycles. The molecule has 0 saturated heterocycles. The predicted molar refractivity (Wildman–Crippen MR) is 121 cm³/mol. The van der Waals surface area contributed by atoms with Gasteiger partial charge in [0.25, 0.3) is 5.91 Å². The normalized spacial score (nSPS) is 10.7. The molecule has 0 radical (unpaired) electrons. The number of hydrogen-bond donors (Lipinski definition) is 1. The van der Waals surface area contributed by atoms with E-state index >= 15 is 0 Å². The molecule has 3 rings (SSSR count). The smallest absolute Gasteiger partial charge is 0.262 e. The number of carbonyl (C=O) groups is 2. The highest BCUT2D eigenvalue weighted by molar-refractivity contribution is 6.05. The van der Waals surface area contributed by atoms with Crippen molar-refractivity contribution in [3.63, 3.8) is 0 Å². The monoisotopic (exact) mass is 435 g/mol. The summed E-state index contributed by atoms with van der Waals surface area (Å²) in [4.78, 5) is 24.5. The highest BCUT2D eigenvalue weighted by Crippen LogP contribution is 2.29. The molecule has 0 aliphatic rings. The summed E-state index contributed by atoms with van der Waals surface area (Å²) in [6, 6.07) is 14.0. The summed E-state index contributed by atoms with van der Waals surface area (Å²) in [5, 5.41) is 6.94. The summed E-state index contributed by atoms with van der Waals surface area (Å²) < 4.78 is 17.9. The highest BCUT2D eigenvalue weighted by atomic mass is 16.5. The molecular weight excluding hydrogens is 410 g/mol. The number of methoxy groups -OCH3 is 2. The number of aromatic nitrogens is 2. The fraction of sp³-hybridized carbons (Fsp3) is 0.208. The number of aryl methyl sites for hydroxylation is 1. The van der Waals surface area contributed by atoms with E-state index in [1.807, 2.05) is 13.0 Å². The molecule has 0 fully saturated rings. The molecule has 0 bridgehead atoms. The molecule has 166 valence electrons. The molecule has 1 heterocycles. The van der Waals surface area contributed by atoms with E-state index in [0.29, 0.717) is 35.2 Å². The van der Waals surface area contributed by atoms with Crippen LogP contribution in [0.3, 0.4) is 0 Å². The van der Waals surface area contributed by atoms with Gasteiger partial charge in [-0.3, -0.25) is 14.3 Å². The van der Waals surface area contributed by atoms with Gasteiger partial charge in [0, 0.05) is 12.7 Å². The first-order chi connectivity index (χ1) is 15.5. The molecule has 3 aromatic rings. The van der Waals surface area contributed by atoms with Crippen molar-refractivity contribution in [2.45, 2.75) is 13.5 Å². The van der Waals surface area contributed by atoms with Crippen LogP contribution < -0.4 is 19.5 Å². The lowest BCUT2D eigenvalue weighted by atomic mass is 10.1. The zero-order valence-electron chi connectivity index (χ0n) is 18.2. The molecule has 32 heavy (non-hydrogen) atoms. The lowest BCUT2D eigenvalue weighted by molar-refractivity contribution is -0.118. The molecule has 8 nitrogen and oxygen atoms in total. The van der Waals surface area contributed by atoms with Crippen LogP contribution in [0.4, 0.5) is 5.69 Å². The average molecular weight is 435 g/mol. The van der Waals surface area contributed by atoms with Crippen LogP contribution in [0.15, 0.2) is 60.8 Å². The molecule has 1 amide bonds. The third-order valence-electron chi connectivity index (χ3n) is 4.57. The average Bonchev–Trinajstić information content (AvgIpc) is 3.31. The van der Waals surface area contributed by atoms with Crippen molar-refractivity contribution < 1.29 is 23.8 Å². The second-order valence-electron chi connectivity index (χ2n) is 6.70. The predicted octanol–water partition coefficient (Wildman–Crippen LogP) is 3.83. The van der Waals surface area contributed by atoms with Crippen LogP contribution in [0.2, 0.25) is 0 Å². The number of ketones is 1. The van der Waals surface area contributed by atoms with Crippen LogP contribution in [0, 0.1) is 0 Å². The lowest BCUT2D eigenvalue weighted by Crippen LogP contribution is -2.20. The Morgan fingerprint density at radius 1 is 1.03 bits per heavy atom. The standard InChI is InChI=1S/C24H25N3O5/c1-4-27-14-13-18(26-27)20(28)11-9-17-10-12-22(23(15-17)31-3)32-16-24(29)25-19-7-5-6-8-21(19)30-2/h5-15H,4,16H2,1-3H3,(H,25,29)/b11-9+. The molecule has 1 N–H and O–H groups in total. The molecule has 1 aromatic heterocycles. The Balaban J connectivity index is 1.62. The molecule has 8 heteroatoms. The van der Waals surface area contributed by atoms with Crippen molar-refractivity contribution in [1.29, 1.82) is 0 Å². The van der Waals surface area contributed by atoms with Gasteiger partial charge in [-0.05, 0) is 48.9 Å². The lowest BCUT2D eigenvalue weighted by Gasteiger charge is -2.12. The number of rotatable bonds is 10. The van der Waals surface area contributed by atoms with Crippen molar-refractivity contribution in [3.05, 3.63) is 72.1 Å². The minimum atomic E-state index is -0.336. The van der Waals surface area contributed by atoms with E-state index in [2.05, 4.69) is 10.4 Å². The van der Waals surface area contributed by atoms with Crippen molar-refractivity contribution in [2.75, 3.05) is 26.1 Å². The van der Waals surface area contributed by atoms with E-state index in [1.54, 1.807) is 59.4 Å². The number of para-hydroxylation sites is 2. The first-order valence-electron chi connectivity index (χ1n) is 10.0. The first kappa shape index (κ1) is 22.6. The minimum absolute atomic E-state index is 0.190. The first-order valence-corrected chi connectivity index (χ1v) is 10.0. The quantitative estimate of drug-likeness (QED) is 0.384. The number of allylic oxidation sites excluding steroid dienone is 1. The highest BCUT2D eigenvalue weighted by Gasteiger charge is 2.11. The Morgan fingerprint density at radius 2 is 1.81 bits per heavy atom. The van der Waals surface area contributed by atoms with Gasteiger partial charge in [0.1, 0.15) is 11.4 Å². The Bertz CT molecular complexity index is 1120. The van der Waals surface area contributed by atoms with Crippen LogP contribution in [-0.4, -0.2) is 42.3 Å². The number of amides is 1. The van der Waals surface area contributed by atoms with E-state index in [4.69, 9.17) is 14.2 Å². The van der Waals surface area contributed by atoms with Crippen LogP contribution >= 0.6 is 0 Å². The molecule has 0 atom stereocenters. The largest absolute Gasteiger partial charge is 0.495 e. The summed E-state index contributed by atoms with van der Waals surface area (Å²) in [5.41, 5.74) is 1.69. The summed E-state index contributed by atoms with van der Waals surface area (Å²) in [7, 11) is 3.04. The van der Waals surface area contributed by atoms with E-state index in [9.17, 15) is 9.59 Å². The zero-order valence-corrected chi connectivity index (χ0v) is 18.2. The van der Waals surface area contributed by atoms with E-state index in [1.165, 1.54) is 20.3 Å². The summed E-state index contributed by atoms with van der Waals surface area (Å²) in [6.45, 7) is 2.45. The fourth-order valence-electron chi connectivity index (χ4n) is 2.91. The van der Waals surface area contributed by atoms with Crippen molar-refractivity contribution in [1.82, 2.24) is 9.78 Å². The Kier molecular flexibility index (Phi) is 7.64. The summed E-state index contributed by atoms with van der Waals surface area (Å²) >= 11 is 0.